The van der Waals surface area contributed by atoms with Gasteiger partial charge in [-0.2, -0.15) is 0 Å². The average Bonchev–Trinajstić information content (AvgIpc) is 2.82. The summed E-state index contributed by atoms with van der Waals surface area (Å²) < 4.78 is 17.1. The van der Waals surface area contributed by atoms with Gasteiger partial charge in [0.2, 0.25) is 5.75 Å². The molecular formula is C25H35N4O4S+. The first-order valence-corrected chi connectivity index (χ1v) is 12.2. The number of piperazine rings is 1. The van der Waals surface area contributed by atoms with Gasteiger partial charge in [-0.3, -0.25) is 10.1 Å². The number of anilines is 2. The SMILES string of the molecule is CCOc1cc(C(=O)NC(=S)Nc2ccc(N3CC[NH+](C)CC3)cc2)cc(OCC)c1OCC. The van der Waals surface area contributed by atoms with Gasteiger partial charge in [-0.05, 0) is 69.4 Å². The van der Waals surface area contributed by atoms with Gasteiger partial charge in [-0.1, -0.05) is 0 Å². The van der Waals surface area contributed by atoms with Gasteiger partial charge in [-0.25, -0.2) is 0 Å². The first kappa shape index (κ1) is 25.6. The molecule has 2 aromatic carbocycles. The van der Waals surface area contributed by atoms with E-state index in [-0.39, 0.29) is 11.0 Å². The standard InChI is InChI=1S/C25H34N4O4S/c1-5-31-21-16-18(17-22(32-6-2)23(21)33-7-3)24(30)27-25(34)26-19-8-10-20(11-9-19)29-14-12-28(4)13-15-29/h8-11,16-17H,5-7,12-15H2,1-4H3,(H2,26,27,30,34)/p+1. The number of nitrogens with zero attached hydrogens (tertiary/aromatic N) is 1. The van der Waals surface area contributed by atoms with Crippen molar-refractivity contribution in [1.82, 2.24) is 5.32 Å². The lowest BCUT2D eigenvalue weighted by Gasteiger charge is -2.31. The summed E-state index contributed by atoms with van der Waals surface area (Å²) >= 11 is 5.38. The molecule has 0 aromatic heterocycles. The third-order valence-electron chi connectivity index (χ3n) is 5.51. The van der Waals surface area contributed by atoms with Crippen LogP contribution in [0, 0.1) is 0 Å². The zero-order chi connectivity index (χ0) is 24.5. The van der Waals surface area contributed by atoms with Gasteiger partial charge in [0.05, 0.1) is 53.0 Å². The summed E-state index contributed by atoms with van der Waals surface area (Å²) in [6, 6.07) is 11.4. The Bertz CT molecular complexity index is 948. The van der Waals surface area contributed by atoms with Crippen LogP contribution in [0.4, 0.5) is 11.4 Å². The van der Waals surface area contributed by atoms with Gasteiger partial charge >= 0.3 is 0 Å². The van der Waals surface area contributed by atoms with Crippen LogP contribution in [0.2, 0.25) is 0 Å². The first-order chi connectivity index (χ1) is 16.4. The maximum Gasteiger partial charge on any atom is 0.257 e. The summed E-state index contributed by atoms with van der Waals surface area (Å²) in [5, 5.41) is 6.03. The fraction of sp³-hybridized carbons (Fsp3) is 0.440. The Morgan fingerprint density at radius 3 is 2.06 bits per heavy atom. The lowest BCUT2D eigenvalue weighted by molar-refractivity contribution is -0.880. The Hall–Kier alpha value is -3.04. The summed E-state index contributed by atoms with van der Waals surface area (Å²) in [4.78, 5) is 16.9. The van der Waals surface area contributed by atoms with Crippen LogP contribution in [-0.2, 0) is 0 Å². The molecule has 0 unspecified atom stereocenters. The highest BCUT2D eigenvalue weighted by molar-refractivity contribution is 7.80. The van der Waals surface area contributed by atoms with E-state index in [9.17, 15) is 4.79 Å². The molecule has 1 saturated heterocycles. The molecule has 184 valence electrons. The number of rotatable bonds is 9. The summed E-state index contributed by atoms with van der Waals surface area (Å²) in [6.07, 6.45) is 0. The molecule has 0 atom stereocenters. The van der Waals surface area contributed by atoms with Gasteiger partial charge in [0.25, 0.3) is 5.91 Å². The molecular weight excluding hydrogens is 452 g/mol. The van der Waals surface area contributed by atoms with E-state index in [1.807, 2.05) is 32.9 Å². The van der Waals surface area contributed by atoms with E-state index >= 15 is 0 Å². The van der Waals surface area contributed by atoms with Crippen molar-refractivity contribution in [1.29, 1.82) is 0 Å². The fourth-order valence-electron chi connectivity index (χ4n) is 3.76. The molecule has 3 rings (SSSR count). The largest absolute Gasteiger partial charge is 0.490 e. The number of carbonyl (C=O) groups excluding carboxylic acids is 1. The molecule has 34 heavy (non-hydrogen) atoms. The lowest BCUT2D eigenvalue weighted by atomic mass is 10.1. The van der Waals surface area contributed by atoms with Gasteiger partial charge in [0, 0.05) is 16.9 Å². The summed E-state index contributed by atoms with van der Waals surface area (Å²) in [5.41, 5.74) is 2.37. The van der Waals surface area contributed by atoms with Crippen molar-refractivity contribution in [2.24, 2.45) is 0 Å². The predicted molar refractivity (Wildman–Crippen MR) is 139 cm³/mol. The number of amides is 1. The van der Waals surface area contributed by atoms with Gasteiger partial charge < -0.3 is 29.3 Å². The van der Waals surface area contributed by atoms with Crippen molar-refractivity contribution < 1.29 is 23.9 Å². The Morgan fingerprint density at radius 1 is 0.971 bits per heavy atom. The molecule has 9 heteroatoms. The van der Waals surface area contributed by atoms with Crippen molar-refractivity contribution in [3.63, 3.8) is 0 Å². The molecule has 0 spiro atoms. The predicted octanol–water partition coefficient (Wildman–Crippen LogP) is 2.34. The van der Waals surface area contributed by atoms with E-state index in [0.717, 1.165) is 31.9 Å². The molecule has 0 radical (unpaired) electrons. The van der Waals surface area contributed by atoms with Crippen LogP contribution in [0.1, 0.15) is 31.1 Å². The molecule has 1 aliphatic heterocycles. The molecule has 0 saturated carbocycles. The zero-order valence-electron chi connectivity index (χ0n) is 20.4. The number of quaternary nitrogens is 1. The topological polar surface area (TPSA) is 76.5 Å². The monoisotopic (exact) mass is 487 g/mol. The molecule has 1 amide bonds. The van der Waals surface area contributed by atoms with Crippen LogP contribution in [0.15, 0.2) is 36.4 Å². The second-order valence-corrected chi connectivity index (χ2v) is 8.41. The van der Waals surface area contributed by atoms with E-state index in [2.05, 4.69) is 34.7 Å². The average molecular weight is 488 g/mol. The number of nitrogens with one attached hydrogen (secondary N) is 3. The van der Waals surface area contributed by atoms with Crippen molar-refractivity contribution in [2.45, 2.75) is 20.8 Å². The van der Waals surface area contributed by atoms with Crippen LogP contribution in [0.3, 0.4) is 0 Å². The normalized spacial score (nSPS) is 13.8. The zero-order valence-corrected chi connectivity index (χ0v) is 21.2. The summed E-state index contributed by atoms with van der Waals surface area (Å²) in [7, 11) is 2.22. The Morgan fingerprint density at radius 2 is 1.53 bits per heavy atom. The highest BCUT2D eigenvalue weighted by atomic mass is 32.1. The molecule has 0 aliphatic carbocycles. The molecule has 3 N–H and O–H groups in total. The Labute approximate surface area is 207 Å². The maximum atomic E-state index is 12.9. The second kappa shape index (κ2) is 12.4. The van der Waals surface area contributed by atoms with Crippen molar-refractivity contribution in [2.75, 3.05) is 63.3 Å². The van der Waals surface area contributed by atoms with Crippen LogP contribution >= 0.6 is 12.2 Å². The quantitative estimate of drug-likeness (QED) is 0.469. The third-order valence-corrected chi connectivity index (χ3v) is 5.71. The Kier molecular flexibility index (Phi) is 9.35. The van der Waals surface area contributed by atoms with E-state index in [1.165, 1.54) is 5.69 Å². The van der Waals surface area contributed by atoms with Crippen molar-refractivity contribution >= 4 is 34.6 Å². The summed E-state index contributed by atoms with van der Waals surface area (Å²) in [5.74, 6) is 1.05. The van der Waals surface area contributed by atoms with Gasteiger partial charge in [0.15, 0.2) is 16.6 Å². The lowest BCUT2D eigenvalue weighted by Crippen LogP contribution is -3.12. The minimum absolute atomic E-state index is 0.214. The molecule has 2 aromatic rings. The van der Waals surface area contributed by atoms with Crippen molar-refractivity contribution in [3.05, 3.63) is 42.0 Å². The van der Waals surface area contributed by atoms with E-state index in [1.54, 1.807) is 17.0 Å². The molecule has 0 bridgehead atoms. The van der Waals surface area contributed by atoms with Gasteiger partial charge in [-0.15, -0.1) is 0 Å². The first-order valence-electron chi connectivity index (χ1n) is 11.8. The van der Waals surface area contributed by atoms with Crippen LogP contribution < -0.4 is 34.6 Å². The number of benzene rings is 2. The third kappa shape index (κ3) is 6.74. The van der Waals surface area contributed by atoms with Gasteiger partial charge in [0.1, 0.15) is 0 Å². The molecule has 1 fully saturated rings. The van der Waals surface area contributed by atoms with Crippen LogP contribution in [0.5, 0.6) is 17.2 Å². The highest BCUT2D eigenvalue weighted by Crippen LogP contribution is 2.39. The van der Waals surface area contributed by atoms with E-state index < -0.39 is 0 Å². The van der Waals surface area contributed by atoms with Crippen LogP contribution in [-0.4, -0.2) is 64.1 Å². The van der Waals surface area contributed by atoms with Crippen LogP contribution in [0.25, 0.3) is 0 Å². The fourth-order valence-corrected chi connectivity index (χ4v) is 3.97. The highest BCUT2D eigenvalue weighted by Gasteiger charge is 2.19. The number of carbonyl (C=O) groups is 1. The minimum Gasteiger partial charge on any atom is -0.490 e. The number of likely N-dealkylation sites (N-methyl/N-ethyl adjacent to an activating group) is 1. The molecule has 1 heterocycles. The number of hydrogen-bond donors (Lipinski definition) is 3. The molecule has 1 aliphatic rings. The minimum atomic E-state index is -0.362. The Balaban J connectivity index is 1.66. The second-order valence-electron chi connectivity index (χ2n) is 8.00. The van der Waals surface area contributed by atoms with Crippen molar-refractivity contribution in [3.8, 4) is 17.2 Å². The number of thiocarbonyl (C=S) groups is 1. The summed E-state index contributed by atoms with van der Waals surface area (Å²) in [6.45, 7) is 11.3. The van der Waals surface area contributed by atoms with E-state index in [0.29, 0.717) is 42.6 Å². The number of ether oxygens (including phenoxy) is 3. The van der Waals surface area contributed by atoms with E-state index in [4.69, 9.17) is 26.4 Å². The maximum absolute atomic E-state index is 12.9. The molecule has 8 nitrogen and oxygen atoms in total. The number of hydrogen-bond acceptors (Lipinski definition) is 6. The smallest absolute Gasteiger partial charge is 0.257 e.